The smallest absolute Gasteiger partial charge is 0.169 e. The molecule has 14 heavy (non-hydrogen) atoms. The highest BCUT2D eigenvalue weighted by atomic mass is 79.9. The van der Waals surface area contributed by atoms with Gasteiger partial charge in [-0.1, -0.05) is 22.4 Å². The lowest BCUT2D eigenvalue weighted by molar-refractivity contribution is 0.0655. The lowest BCUT2D eigenvalue weighted by atomic mass is 9.66. The highest BCUT2D eigenvalue weighted by molar-refractivity contribution is 9.10. The molecule has 0 N–H and O–H groups in total. The Hall–Kier alpha value is -0.630. The summed E-state index contributed by atoms with van der Waals surface area (Å²) in [4.78, 5) is 12.1. The van der Waals surface area contributed by atoms with E-state index < -0.39 is 0 Å². The fourth-order valence-electron chi connectivity index (χ4n) is 2.67. The average molecular weight is 251 g/mol. The second kappa shape index (κ2) is 2.69. The molecule has 0 saturated heterocycles. The predicted molar refractivity (Wildman–Crippen MR) is 58.5 cm³/mol. The van der Waals surface area contributed by atoms with Crippen LogP contribution in [0, 0.1) is 5.41 Å². The van der Waals surface area contributed by atoms with Gasteiger partial charge in [0.25, 0.3) is 0 Å². The van der Waals surface area contributed by atoms with Crippen LogP contribution in [0.15, 0.2) is 22.7 Å². The number of hydrogen-bond acceptors (Lipinski definition) is 1. The molecule has 0 amide bonds. The Labute approximate surface area is 91.6 Å². The lowest BCUT2D eigenvalue weighted by Crippen LogP contribution is -2.35. The zero-order chi connectivity index (χ0) is 9.76. The summed E-state index contributed by atoms with van der Waals surface area (Å²) >= 11 is 3.45. The second-order valence-electron chi connectivity index (χ2n) is 4.44. The first-order chi connectivity index (χ1) is 6.71. The monoisotopic (exact) mass is 250 g/mol. The van der Waals surface area contributed by atoms with Crippen LogP contribution < -0.4 is 0 Å². The number of rotatable bonds is 0. The Bertz CT molecular complexity index is 418. The number of halogens is 1. The Balaban J connectivity index is 2.10. The fourth-order valence-corrected chi connectivity index (χ4v) is 3.08. The molecule has 0 heterocycles. The Morgan fingerprint density at radius 3 is 2.71 bits per heavy atom. The molecule has 0 radical (unpaired) electrons. The Morgan fingerprint density at radius 2 is 2.07 bits per heavy atom. The number of carbonyl (C=O) groups excluding carboxylic acids is 1. The normalized spacial score (nSPS) is 22.2. The molecule has 1 saturated carbocycles. The Morgan fingerprint density at radius 1 is 1.29 bits per heavy atom. The van der Waals surface area contributed by atoms with Crippen molar-refractivity contribution in [2.75, 3.05) is 0 Å². The van der Waals surface area contributed by atoms with E-state index >= 15 is 0 Å². The van der Waals surface area contributed by atoms with Crippen LogP contribution in [0.1, 0.15) is 35.2 Å². The third kappa shape index (κ3) is 0.977. The van der Waals surface area contributed by atoms with Crippen molar-refractivity contribution in [2.24, 2.45) is 5.41 Å². The first-order valence-electron chi connectivity index (χ1n) is 5.05. The van der Waals surface area contributed by atoms with E-state index in [1.807, 2.05) is 12.1 Å². The van der Waals surface area contributed by atoms with E-state index in [0.29, 0.717) is 5.78 Å². The van der Waals surface area contributed by atoms with Crippen molar-refractivity contribution in [3.63, 3.8) is 0 Å². The molecule has 2 aliphatic rings. The van der Waals surface area contributed by atoms with Gasteiger partial charge in [0, 0.05) is 15.5 Å². The van der Waals surface area contributed by atoms with Crippen molar-refractivity contribution >= 4 is 21.7 Å². The number of fused-ring (bicyclic) bond motifs is 1. The van der Waals surface area contributed by atoms with E-state index in [1.54, 1.807) is 0 Å². The number of hydrogen-bond donors (Lipinski definition) is 0. The summed E-state index contributed by atoms with van der Waals surface area (Å²) in [6.45, 7) is 0. The van der Waals surface area contributed by atoms with E-state index in [4.69, 9.17) is 0 Å². The molecule has 1 spiro atoms. The van der Waals surface area contributed by atoms with Crippen molar-refractivity contribution in [2.45, 2.75) is 25.7 Å². The minimum Gasteiger partial charge on any atom is -0.294 e. The van der Waals surface area contributed by atoms with Gasteiger partial charge in [0.2, 0.25) is 0 Å². The average Bonchev–Trinajstić information content (AvgIpc) is 2.38. The van der Waals surface area contributed by atoms with Crippen LogP contribution in [-0.4, -0.2) is 5.78 Å². The molecule has 0 unspecified atom stereocenters. The molecule has 3 rings (SSSR count). The summed E-state index contributed by atoms with van der Waals surface area (Å²) in [5.41, 5.74) is 2.22. The number of ketones is 1. The van der Waals surface area contributed by atoms with Gasteiger partial charge in [-0.3, -0.25) is 4.79 Å². The summed E-state index contributed by atoms with van der Waals surface area (Å²) in [6.07, 6.45) is 4.39. The molecule has 0 bridgehead atoms. The number of Topliss-reactive ketones (excluding diaryl/α,β-unsaturated/α-hetero) is 1. The van der Waals surface area contributed by atoms with Gasteiger partial charge in [-0.2, -0.15) is 0 Å². The first kappa shape index (κ1) is 8.66. The highest BCUT2D eigenvalue weighted by Gasteiger charge is 2.49. The molecular formula is C12H11BrO. The lowest BCUT2D eigenvalue weighted by Gasteiger charge is -2.36. The molecule has 0 aromatic heterocycles. The van der Waals surface area contributed by atoms with Gasteiger partial charge in [0.05, 0.1) is 0 Å². The molecule has 1 fully saturated rings. The maximum absolute atomic E-state index is 12.1. The topological polar surface area (TPSA) is 17.1 Å². The SMILES string of the molecule is O=C1c2ccc(Br)cc2CC12CCC2. The van der Waals surface area contributed by atoms with Crippen LogP contribution in [0.3, 0.4) is 0 Å². The van der Waals surface area contributed by atoms with E-state index in [0.717, 1.165) is 29.3 Å². The Kier molecular flexibility index (Phi) is 1.67. The van der Waals surface area contributed by atoms with Gasteiger partial charge in [-0.15, -0.1) is 0 Å². The van der Waals surface area contributed by atoms with Crippen molar-refractivity contribution in [1.82, 2.24) is 0 Å². The largest absolute Gasteiger partial charge is 0.294 e. The van der Waals surface area contributed by atoms with Gasteiger partial charge in [-0.25, -0.2) is 0 Å². The maximum atomic E-state index is 12.1. The zero-order valence-corrected chi connectivity index (χ0v) is 9.43. The van der Waals surface area contributed by atoms with Crippen LogP contribution in [0.2, 0.25) is 0 Å². The van der Waals surface area contributed by atoms with Crippen LogP contribution in [0.25, 0.3) is 0 Å². The predicted octanol–water partition coefficient (Wildman–Crippen LogP) is 3.36. The molecule has 72 valence electrons. The number of benzene rings is 1. The summed E-state index contributed by atoms with van der Waals surface area (Å²) in [6, 6.07) is 6.03. The van der Waals surface area contributed by atoms with Crippen LogP contribution in [0.5, 0.6) is 0 Å². The minimum absolute atomic E-state index is 0.0170. The fraction of sp³-hybridized carbons (Fsp3) is 0.417. The summed E-state index contributed by atoms with van der Waals surface area (Å²) < 4.78 is 1.08. The van der Waals surface area contributed by atoms with Crippen LogP contribution >= 0.6 is 15.9 Å². The van der Waals surface area contributed by atoms with Gasteiger partial charge >= 0.3 is 0 Å². The first-order valence-corrected chi connectivity index (χ1v) is 5.84. The number of carbonyl (C=O) groups is 1. The second-order valence-corrected chi connectivity index (χ2v) is 5.36. The molecule has 1 aromatic rings. The summed E-state index contributed by atoms with van der Waals surface area (Å²) in [7, 11) is 0. The minimum atomic E-state index is 0.0170. The van der Waals surface area contributed by atoms with E-state index in [9.17, 15) is 4.79 Å². The summed E-state index contributed by atoms with van der Waals surface area (Å²) in [5.74, 6) is 0.395. The molecule has 1 nitrogen and oxygen atoms in total. The van der Waals surface area contributed by atoms with Crippen molar-refractivity contribution < 1.29 is 4.79 Å². The van der Waals surface area contributed by atoms with Gasteiger partial charge < -0.3 is 0 Å². The molecule has 2 aliphatic carbocycles. The van der Waals surface area contributed by atoms with Crippen molar-refractivity contribution in [3.8, 4) is 0 Å². The standard InChI is InChI=1S/C12H11BrO/c13-9-2-3-10-8(6-9)7-12(11(10)14)4-1-5-12/h2-3,6H,1,4-5,7H2. The molecule has 1 aromatic carbocycles. The molecule has 0 aliphatic heterocycles. The maximum Gasteiger partial charge on any atom is 0.169 e. The molecule has 0 atom stereocenters. The van der Waals surface area contributed by atoms with Gasteiger partial charge in [0.15, 0.2) is 5.78 Å². The third-order valence-electron chi connectivity index (χ3n) is 3.63. The van der Waals surface area contributed by atoms with Gasteiger partial charge in [0.1, 0.15) is 0 Å². The van der Waals surface area contributed by atoms with E-state index in [2.05, 4.69) is 22.0 Å². The van der Waals surface area contributed by atoms with Gasteiger partial charge in [-0.05, 0) is 43.0 Å². The van der Waals surface area contributed by atoms with Crippen molar-refractivity contribution in [1.29, 1.82) is 0 Å². The quantitative estimate of drug-likeness (QED) is 0.691. The molecular weight excluding hydrogens is 240 g/mol. The zero-order valence-electron chi connectivity index (χ0n) is 7.85. The van der Waals surface area contributed by atoms with Crippen molar-refractivity contribution in [3.05, 3.63) is 33.8 Å². The highest BCUT2D eigenvalue weighted by Crippen LogP contribution is 2.51. The third-order valence-corrected chi connectivity index (χ3v) is 4.13. The molecule has 2 heteroatoms. The van der Waals surface area contributed by atoms with E-state index in [-0.39, 0.29) is 5.41 Å². The van der Waals surface area contributed by atoms with E-state index in [1.165, 1.54) is 12.0 Å². The van der Waals surface area contributed by atoms with Crippen LogP contribution in [0.4, 0.5) is 0 Å². The summed E-state index contributed by atoms with van der Waals surface area (Å²) in [5, 5.41) is 0. The van der Waals surface area contributed by atoms with Crippen LogP contribution in [-0.2, 0) is 6.42 Å².